The highest BCUT2D eigenvalue weighted by Gasteiger charge is 2.73. The third kappa shape index (κ3) is 4.07. The van der Waals surface area contributed by atoms with Crippen LogP contribution in [0.1, 0.15) is 27.0 Å². The summed E-state index contributed by atoms with van der Waals surface area (Å²) in [7, 11) is 0. The Kier molecular flexibility index (Phi) is 5.83. The van der Waals surface area contributed by atoms with Crippen LogP contribution < -0.4 is 4.74 Å². The Bertz CT molecular complexity index is 962. The van der Waals surface area contributed by atoms with Gasteiger partial charge in [-0.2, -0.15) is 26.3 Å². The van der Waals surface area contributed by atoms with Crippen molar-refractivity contribution in [1.29, 1.82) is 0 Å². The van der Waals surface area contributed by atoms with Crippen molar-refractivity contribution in [1.82, 2.24) is 0 Å². The molecule has 0 saturated heterocycles. The molecule has 0 bridgehead atoms. The van der Waals surface area contributed by atoms with E-state index in [2.05, 4.69) is 0 Å². The molecule has 2 aromatic rings. The molecule has 0 amide bonds. The summed E-state index contributed by atoms with van der Waals surface area (Å²) in [5.41, 5.74) is -8.81. The number of nitro benzene ring substituents is 1. The van der Waals surface area contributed by atoms with Crippen LogP contribution in [0.15, 0.2) is 36.4 Å². The minimum absolute atomic E-state index is 0.280. The van der Waals surface area contributed by atoms with Crippen molar-refractivity contribution in [3.8, 4) is 5.75 Å². The van der Waals surface area contributed by atoms with E-state index in [1.165, 1.54) is 6.07 Å². The molecule has 5 nitrogen and oxygen atoms in total. The maximum absolute atomic E-state index is 14.3. The molecule has 30 heavy (non-hydrogen) atoms. The number of ether oxygens (including phenoxy) is 1. The second-order valence-electron chi connectivity index (χ2n) is 6.29. The molecule has 0 N–H and O–H groups in total. The van der Waals surface area contributed by atoms with Crippen molar-refractivity contribution < 1.29 is 45.2 Å². The van der Waals surface area contributed by atoms with E-state index in [0.717, 1.165) is 32.0 Å². The second kappa shape index (κ2) is 7.58. The van der Waals surface area contributed by atoms with Crippen LogP contribution in [0.3, 0.4) is 0 Å². The van der Waals surface area contributed by atoms with Gasteiger partial charge in [-0.1, -0.05) is 6.07 Å². The zero-order chi connectivity index (χ0) is 23.1. The van der Waals surface area contributed by atoms with Gasteiger partial charge in [-0.15, -0.1) is 0 Å². The zero-order valence-electron chi connectivity index (χ0n) is 15.2. The molecule has 0 saturated carbocycles. The molecule has 0 aliphatic rings. The van der Waals surface area contributed by atoms with Crippen molar-refractivity contribution in [2.24, 2.45) is 0 Å². The number of nitrogens with zero attached hydrogens (tertiary/aromatic N) is 1. The summed E-state index contributed by atoms with van der Waals surface area (Å²) in [5.74, 6) is -1.54. The quantitative estimate of drug-likeness (QED) is 0.201. The Morgan fingerprint density at radius 1 is 0.933 bits per heavy atom. The first-order valence-corrected chi connectivity index (χ1v) is 8.00. The molecule has 0 heterocycles. The van der Waals surface area contributed by atoms with Crippen LogP contribution in [0.25, 0.3) is 0 Å². The number of carbonyl (C=O) groups excluding carboxylic acids is 1. The molecule has 0 radical (unpaired) electrons. The lowest BCUT2D eigenvalue weighted by Crippen LogP contribution is -2.50. The predicted molar refractivity (Wildman–Crippen MR) is 88.9 cm³/mol. The third-order valence-electron chi connectivity index (χ3n) is 4.13. The molecule has 0 unspecified atom stereocenters. The van der Waals surface area contributed by atoms with Crippen molar-refractivity contribution >= 4 is 11.7 Å². The molecule has 0 aromatic heterocycles. The molecule has 0 aliphatic heterocycles. The van der Waals surface area contributed by atoms with E-state index in [1.54, 1.807) is 0 Å². The fourth-order valence-corrected chi connectivity index (χ4v) is 2.70. The smallest absolute Gasteiger partial charge is 0.422 e. The number of aryl methyl sites for hydroxylation is 2. The van der Waals surface area contributed by atoms with Crippen molar-refractivity contribution in [3.63, 3.8) is 0 Å². The topological polar surface area (TPSA) is 69.4 Å². The highest BCUT2D eigenvalue weighted by Crippen LogP contribution is 2.54. The zero-order valence-corrected chi connectivity index (χ0v) is 15.2. The van der Waals surface area contributed by atoms with Crippen molar-refractivity contribution in [2.45, 2.75) is 31.9 Å². The highest BCUT2D eigenvalue weighted by atomic mass is 19.4. The largest absolute Gasteiger partial charge is 0.435 e. The number of benzene rings is 2. The molecule has 2 rings (SSSR count). The fraction of sp³-hybridized carbons (Fsp3) is 0.278. The molecule has 0 spiro atoms. The van der Waals surface area contributed by atoms with Crippen molar-refractivity contribution in [3.05, 3.63) is 68.8 Å². The molecular formula is C18H12F7NO4. The van der Waals surface area contributed by atoms with Gasteiger partial charge in [0.05, 0.1) is 10.5 Å². The molecular weight excluding hydrogens is 427 g/mol. The SMILES string of the molecule is Cc1cc(C(F)(C(F)(F)F)C(F)(F)F)cc(C)c1OC(=O)c1cccc([N+](=O)[O-])c1. The van der Waals surface area contributed by atoms with E-state index in [-0.39, 0.29) is 28.8 Å². The van der Waals surface area contributed by atoms with Crippen LogP contribution in [-0.2, 0) is 5.67 Å². The second-order valence-corrected chi connectivity index (χ2v) is 6.29. The Balaban J connectivity index is 2.48. The van der Waals surface area contributed by atoms with Crippen LogP contribution in [0.5, 0.6) is 5.75 Å². The fourth-order valence-electron chi connectivity index (χ4n) is 2.70. The minimum atomic E-state index is -6.29. The van der Waals surface area contributed by atoms with Gasteiger partial charge < -0.3 is 4.74 Å². The summed E-state index contributed by atoms with van der Waals surface area (Å²) in [6.07, 6.45) is -12.6. The maximum atomic E-state index is 14.3. The number of hydrogen-bond donors (Lipinski definition) is 0. The summed E-state index contributed by atoms with van der Waals surface area (Å²) in [4.78, 5) is 22.2. The van der Waals surface area contributed by atoms with Crippen LogP contribution in [0, 0.1) is 24.0 Å². The van der Waals surface area contributed by atoms with Gasteiger partial charge in [0.15, 0.2) is 0 Å². The van der Waals surface area contributed by atoms with Gasteiger partial charge in [-0.3, -0.25) is 10.1 Å². The van der Waals surface area contributed by atoms with E-state index in [0.29, 0.717) is 0 Å². The van der Waals surface area contributed by atoms with Gasteiger partial charge in [0.1, 0.15) is 5.75 Å². The number of carbonyl (C=O) groups is 1. The number of non-ortho nitro benzene ring substituents is 1. The minimum Gasteiger partial charge on any atom is -0.422 e. The molecule has 0 atom stereocenters. The van der Waals surface area contributed by atoms with Crippen LogP contribution in [-0.4, -0.2) is 23.2 Å². The molecule has 12 heteroatoms. The van der Waals surface area contributed by atoms with E-state index in [9.17, 15) is 45.6 Å². The summed E-state index contributed by atoms with van der Waals surface area (Å²) < 4.78 is 96.9. The lowest BCUT2D eigenvalue weighted by atomic mass is 9.91. The van der Waals surface area contributed by atoms with E-state index in [4.69, 9.17) is 4.74 Å². The Morgan fingerprint density at radius 3 is 1.87 bits per heavy atom. The summed E-state index contributed by atoms with van der Waals surface area (Å²) >= 11 is 0. The monoisotopic (exact) mass is 439 g/mol. The molecule has 0 aliphatic carbocycles. The average Bonchev–Trinajstić information content (AvgIpc) is 2.61. The Labute approximate surface area is 164 Å². The molecule has 0 fully saturated rings. The van der Waals surface area contributed by atoms with E-state index < -0.39 is 45.9 Å². The van der Waals surface area contributed by atoms with Gasteiger partial charge in [-0.05, 0) is 43.2 Å². The van der Waals surface area contributed by atoms with Gasteiger partial charge in [0.25, 0.3) is 5.69 Å². The van der Waals surface area contributed by atoms with Gasteiger partial charge in [0, 0.05) is 17.7 Å². The number of hydrogen-bond acceptors (Lipinski definition) is 4. The summed E-state index contributed by atoms with van der Waals surface area (Å²) in [6.45, 7) is 2.06. The van der Waals surface area contributed by atoms with Gasteiger partial charge >= 0.3 is 24.0 Å². The lowest BCUT2D eigenvalue weighted by molar-refractivity contribution is -0.384. The Hall–Kier alpha value is -3.18. The van der Waals surface area contributed by atoms with Crippen molar-refractivity contribution in [2.75, 3.05) is 0 Å². The lowest BCUT2D eigenvalue weighted by Gasteiger charge is -2.31. The first-order valence-electron chi connectivity index (χ1n) is 8.00. The summed E-state index contributed by atoms with van der Waals surface area (Å²) in [5, 5.41) is 10.8. The number of esters is 1. The van der Waals surface area contributed by atoms with E-state index >= 15 is 0 Å². The first-order chi connectivity index (χ1) is 13.6. The molecule has 162 valence electrons. The number of halogens is 7. The number of rotatable bonds is 4. The number of nitro groups is 1. The molecule has 2 aromatic carbocycles. The van der Waals surface area contributed by atoms with Crippen LogP contribution in [0.2, 0.25) is 0 Å². The maximum Gasteiger partial charge on any atom is 0.435 e. The van der Waals surface area contributed by atoms with Crippen LogP contribution >= 0.6 is 0 Å². The Morgan fingerprint density at radius 2 is 1.43 bits per heavy atom. The highest BCUT2D eigenvalue weighted by molar-refractivity contribution is 5.92. The average molecular weight is 439 g/mol. The van der Waals surface area contributed by atoms with Crippen LogP contribution in [0.4, 0.5) is 36.4 Å². The third-order valence-corrected chi connectivity index (χ3v) is 4.13. The first kappa shape index (κ1) is 23.1. The standard InChI is InChI=1S/C18H12F7NO4/c1-9-6-12(16(19,17(20,21)22)18(23,24)25)7-10(2)14(9)30-15(27)11-4-3-5-13(8-11)26(28)29/h3-8H,1-2H3. The normalized spacial score (nSPS) is 12.6. The van der Waals surface area contributed by atoms with Gasteiger partial charge in [0.2, 0.25) is 0 Å². The van der Waals surface area contributed by atoms with E-state index in [1.807, 2.05) is 0 Å². The van der Waals surface area contributed by atoms with Gasteiger partial charge in [-0.25, -0.2) is 9.18 Å². The number of alkyl halides is 7. The summed E-state index contributed by atoms with van der Waals surface area (Å²) in [6, 6.07) is 4.88. The predicted octanol–water partition coefficient (Wildman–Crippen LogP) is 5.72.